The molecule has 1 aromatic rings. The summed E-state index contributed by atoms with van der Waals surface area (Å²) < 4.78 is 0. The summed E-state index contributed by atoms with van der Waals surface area (Å²) in [6, 6.07) is 6.71. The van der Waals surface area contributed by atoms with Crippen molar-refractivity contribution < 1.29 is 0 Å². The van der Waals surface area contributed by atoms with Crippen LogP contribution in [0.4, 0.5) is 0 Å². The Morgan fingerprint density at radius 3 is 1.71 bits per heavy atom. The number of benzene rings is 1. The van der Waals surface area contributed by atoms with Crippen LogP contribution in [0.2, 0.25) is 0 Å². The van der Waals surface area contributed by atoms with E-state index in [0.717, 1.165) is 38.5 Å². The first-order valence-electron chi connectivity index (χ1n) is 8.45. The Hall–Kier alpha value is -0.900. The maximum Gasteiger partial charge on any atom is 0.0298 e. The van der Waals surface area contributed by atoms with E-state index in [1.54, 1.807) is 0 Å². The first-order valence-corrected chi connectivity index (χ1v) is 8.45. The molecule has 120 valence electrons. The molecule has 0 aliphatic carbocycles. The largest absolute Gasteiger partial charge is 0.324 e. The Morgan fingerprint density at radius 2 is 1.19 bits per heavy atom. The van der Waals surface area contributed by atoms with E-state index in [2.05, 4.69) is 39.0 Å². The van der Waals surface area contributed by atoms with Gasteiger partial charge in [0.15, 0.2) is 0 Å². The monoisotopic (exact) mass is 291 g/mol. The van der Waals surface area contributed by atoms with Gasteiger partial charge >= 0.3 is 0 Å². The van der Waals surface area contributed by atoms with E-state index < -0.39 is 0 Å². The summed E-state index contributed by atoms with van der Waals surface area (Å²) in [6.45, 7) is 6.49. The molecule has 1 rings (SSSR count). The van der Waals surface area contributed by atoms with Gasteiger partial charge in [0, 0.05) is 18.1 Å². The highest BCUT2D eigenvalue weighted by Crippen LogP contribution is 2.30. The van der Waals surface area contributed by atoms with E-state index in [4.69, 9.17) is 17.2 Å². The fourth-order valence-electron chi connectivity index (χ4n) is 2.89. The van der Waals surface area contributed by atoms with E-state index in [9.17, 15) is 0 Å². The van der Waals surface area contributed by atoms with Gasteiger partial charge in [-0.1, -0.05) is 58.2 Å². The summed E-state index contributed by atoms with van der Waals surface area (Å²) in [5.41, 5.74) is 22.6. The highest BCUT2D eigenvalue weighted by atomic mass is 14.7. The molecule has 0 aliphatic heterocycles. The van der Waals surface area contributed by atoms with Crippen molar-refractivity contribution in [1.29, 1.82) is 0 Å². The van der Waals surface area contributed by atoms with Crippen LogP contribution in [-0.4, -0.2) is 0 Å². The van der Waals surface area contributed by atoms with E-state index in [-0.39, 0.29) is 18.1 Å². The van der Waals surface area contributed by atoms with Gasteiger partial charge in [0.05, 0.1) is 0 Å². The van der Waals surface area contributed by atoms with Crippen LogP contribution in [0.1, 0.15) is 94.1 Å². The van der Waals surface area contributed by atoms with Gasteiger partial charge in [0.2, 0.25) is 0 Å². The SMILES string of the molecule is CCCC(N)c1ccc(C(N)CCC)c(C(N)CCC)c1. The van der Waals surface area contributed by atoms with Gasteiger partial charge in [-0.25, -0.2) is 0 Å². The summed E-state index contributed by atoms with van der Waals surface area (Å²) in [4.78, 5) is 0. The minimum atomic E-state index is 0.0571. The molecule has 0 saturated carbocycles. The molecule has 3 atom stereocenters. The molecule has 0 radical (unpaired) electrons. The molecular formula is C18H33N3. The van der Waals surface area contributed by atoms with Crippen molar-refractivity contribution in [2.75, 3.05) is 0 Å². The van der Waals surface area contributed by atoms with Crippen LogP contribution in [-0.2, 0) is 0 Å². The lowest BCUT2D eigenvalue weighted by Crippen LogP contribution is -2.20. The molecule has 0 aliphatic rings. The molecular weight excluding hydrogens is 258 g/mol. The zero-order chi connectivity index (χ0) is 15.8. The first kappa shape index (κ1) is 18.1. The van der Waals surface area contributed by atoms with Crippen LogP contribution in [0.25, 0.3) is 0 Å². The normalized spacial score (nSPS) is 15.7. The third-order valence-corrected chi connectivity index (χ3v) is 4.14. The fraction of sp³-hybridized carbons (Fsp3) is 0.667. The molecule has 3 unspecified atom stereocenters. The molecule has 0 heterocycles. The molecule has 0 spiro atoms. The Balaban J connectivity index is 3.12. The predicted molar refractivity (Wildman–Crippen MR) is 92.0 cm³/mol. The lowest BCUT2D eigenvalue weighted by Gasteiger charge is -2.23. The van der Waals surface area contributed by atoms with Crippen molar-refractivity contribution in [2.24, 2.45) is 17.2 Å². The summed E-state index contributed by atoms with van der Waals surface area (Å²) in [7, 11) is 0. The van der Waals surface area contributed by atoms with E-state index >= 15 is 0 Å². The van der Waals surface area contributed by atoms with Gasteiger partial charge in [0.25, 0.3) is 0 Å². The van der Waals surface area contributed by atoms with Crippen molar-refractivity contribution in [3.63, 3.8) is 0 Å². The van der Waals surface area contributed by atoms with Crippen molar-refractivity contribution in [3.8, 4) is 0 Å². The Bertz CT molecular complexity index is 417. The van der Waals surface area contributed by atoms with E-state index in [0.29, 0.717) is 0 Å². The third-order valence-electron chi connectivity index (χ3n) is 4.14. The second kappa shape index (κ2) is 9.19. The second-order valence-corrected chi connectivity index (χ2v) is 6.07. The standard InChI is InChI=1S/C18H33N3/c1-4-7-16(19)13-10-11-14(17(20)8-5-2)15(12-13)18(21)9-6-3/h10-12,16-18H,4-9,19-21H2,1-3H3. The van der Waals surface area contributed by atoms with Crippen molar-refractivity contribution in [1.82, 2.24) is 0 Å². The van der Waals surface area contributed by atoms with Gasteiger partial charge in [-0.3, -0.25) is 0 Å². The topological polar surface area (TPSA) is 78.1 Å². The van der Waals surface area contributed by atoms with Gasteiger partial charge in [-0.05, 0) is 36.0 Å². The van der Waals surface area contributed by atoms with Crippen LogP contribution >= 0.6 is 0 Å². The maximum atomic E-state index is 6.39. The quantitative estimate of drug-likeness (QED) is 0.641. The second-order valence-electron chi connectivity index (χ2n) is 6.07. The Morgan fingerprint density at radius 1 is 0.714 bits per heavy atom. The van der Waals surface area contributed by atoms with Gasteiger partial charge < -0.3 is 17.2 Å². The number of rotatable bonds is 9. The summed E-state index contributed by atoms with van der Waals surface area (Å²) in [5.74, 6) is 0. The number of hydrogen-bond donors (Lipinski definition) is 3. The van der Waals surface area contributed by atoms with Crippen LogP contribution in [0.5, 0.6) is 0 Å². The van der Waals surface area contributed by atoms with Gasteiger partial charge in [0.1, 0.15) is 0 Å². The minimum Gasteiger partial charge on any atom is -0.324 e. The highest BCUT2D eigenvalue weighted by molar-refractivity contribution is 5.37. The number of nitrogens with two attached hydrogens (primary N) is 3. The van der Waals surface area contributed by atoms with Crippen molar-refractivity contribution in [3.05, 3.63) is 34.9 Å². The maximum absolute atomic E-state index is 6.39. The molecule has 6 N–H and O–H groups in total. The van der Waals surface area contributed by atoms with Crippen molar-refractivity contribution in [2.45, 2.75) is 77.4 Å². The molecule has 0 aromatic heterocycles. The first-order chi connectivity index (χ1) is 10.0. The number of hydrogen-bond acceptors (Lipinski definition) is 3. The Labute approximate surface area is 130 Å². The molecule has 3 heteroatoms. The third kappa shape index (κ3) is 5.10. The van der Waals surface area contributed by atoms with E-state index in [1.165, 1.54) is 16.7 Å². The van der Waals surface area contributed by atoms with Crippen LogP contribution < -0.4 is 17.2 Å². The van der Waals surface area contributed by atoms with Gasteiger partial charge in [-0.2, -0.15) is 0 Å². The lowest BCUT2D eigenvalue weighted by molar-refractivity contribution is 0.588. The van der Waals surface area contributed by atoms with Crippen molar-refractivity contribution >= 4 is 0 Å². The van der Waals surface area contributed by atoms with Crippen LogP contribution in [0, 0.1) is 0 Å². The summed E-state index contributed by atoms with van der Waals surface area (Å²) in [5, 5.41) is 0. The zero-order valence-electron chi connectivity index (χ0n) is 13.9. The zero-order valence-corrected chi connectivity index (χ0v) is 13.9. The molecule has 1 aromatic carbocycles. The molecule has 0 amide bonds. The van der Waals surface area contributed by atoms with Crippen LogP contribution in [0.15, 0.2) is 18.2 Å². The molecule has 0 saturated heterocycles. The molecule has 0 fully saturated rings. The average Bonchev–Trinajstić information content (AvgIpc) is 2.47. The average molecular weight is 291 g/mol. The van der Waals surface area contributed by atoms with Gasteiger partial charge in [-0.15, -0.1) is 0 Å². The smallest absolute Gasteiger partial charge is 0.0298 e. The van der Waals surface area contributed by atoms with E-state index in [1.807, 2.05) is 0 Å². The van der Waals surface area contributed by atoms with Crippen LogP contribution in [0.3, 0.4) is 0 Å². The Kier molecular flexibility index (Phi) is 7.94. The highest BCUT2D eigenvalue weighted by Gasteiger charge is 2.17. The lowest BCUT2D eigenvalue weighted by atomic mass is 9.88. The summed E-state index contributed by atoms with van der Waals surface area (Å²) >= 11 is 0. The minimum absolute atomic E-state index is 0.0571. The molecule has 3 nitrogen and oxygen atoms in total. The molecule has 0 bridgehead atoms. The molecule has 21 heavy (non-hydrogen) atoms. The predicted octanol–water partition coefficient (Wildman–Crippen LogP) is 4.09. The fourth-order valence-corrected chi connectivity index (χ4v) is 2.89. The summed E-state index contributed by atoms with van der Waals surface area (Å²) in [6.07, 6.45) is 6.23.